The van der Waals surface area contributed by atoms with Crippen molar-refractivity contribution in [3.8, 4) is 0 Å². The topological polar surface area (TPSA) is 26.0 Å². The molecule has 0 unspecified atom stereocenters. The Hall–Kier alpha value is -0.310. The summed E-state index contributed by atoms with van der Waals surface area (Å²) in [6, 6.07) is 4.07. The van der Waals surface area contributed by atoms with Crippen LogP contribution in [0.3, 0.4) is 0 Å². The maximum Gasteiger partial charge on any atom is 0.123 e. The number of rotatable bonds is 2. The van der Waals surface area contributed by atoms with E-state index in [2.05, 4.69) is 0 Å². The zero-order valence-corrected chi connectivity index (χ0v) is 8.83. The Bertz CT molecular complexity index is 278. The second kappa shape index (κ2) is 5.43. The highest BCUT2D eigenvalue weighted by molar-refractivity contribution is 6.31. The predicted molar refractivity (Wildman–Crippen MR) is 55.9 cm³/mol. The lowest BCUT2D eigenvalue weighted by molar-refractivity contribution is 0.617. The maximum absolute atomic E-state index is 12.7. The molecule has 1 nitrogen and oxygen atoms in total. The van der Waals surface area contributed by atoms with E-state index in [4.69, 9.17) is 17.3 Å². The average molecular weight is 224 g/mol. The molecule has 0 spiro atoms. The Labute approximate surface area is 88.5 Å². The van der Waals surface area contributed by atoms with Gasteiger partial charge in [0.15, 0.2) is 0 Å². The molecule has 2 N–H and O–H groups in total. The lowest BCUT2D eigenvalue weighted by Crippen LogP contribution is -2.09. The van der Waals surface area contributed by atoms with Crippen LogP contribution in [0.4, 0.5) is 4.39 Å². The molecule has 0 radical (unpaired) electrons. The van der Waals surface area contributed by atoms with Crippen molar-refractivity contribution >= 4 is 24.0 Å². The number of nitrogens with two attached hydrogens (primary N) is 1. The molecule has 0 fully saturated rings. The molecule has 0 saturated carbocycles. The van der Waals surface area contributed by atoms with Crippen LogP contribution in [0, 0.1) is 5.82 Å². The fourth-order valence-corrected chi connectivity index (χ4v) is 1.28. The van der Waals surface area contributed by atoms with Crippen LogP contribution in [-0.4, -0.2) is 0 Å². The maximum atomic E-state index is 12.7. The van der Waals surface area contributed by atoms with Crippen molar-refractivity contribution < 1.29 is 4.39 Å². The van der Waals surface area contributed by atoms with Crippen molar-refractivity contribution in [3.63, 3.8) is 0 Å². The third kappa shape index (κ3) is 3.14. The molecular formula is C9H12Cl2FN. The van der Waals surface area contributed by atoms with Gasteiger partial charge in [0.05, 0.1) is 0 Å². The van der Waals surface area contributed by atoms with E-state index in [1.54, 1.807) is 0 Å². The number of halogens is 3. The van der Waals surface area contributed by atoms with Crippen molar-refractivity contribution in [1.29, 1.82) is 0 Å². The van der Waals surface area contributed by atoms with Gasteiger partial charge in [0.1, 0.15) is 5.82 Å². The van der Waals surface area contributed by atoms with E-state index >= 15 is 0 Å². The fraction of sp³-hybridized carbons (Fsp3) is 0.333. The van der Waals surface area contributed by atoms with Crippen LogP contribution in [0.1, 0.15) is 24.9 Å². The summed E-state index contributed by atoms with van der Waals surface area (Å²) in [6.07, 6.45) is 0.753. The second-order valence-electron chi connectivity index (χ2n) is 2.68. The molecule has 0 bridgehead atoms. The van der Waals surface area contributed by atoms with Gasteiger partial charge in [-0.1, -0.05) is 18.5 Å². The van der Waals surface area contributed by atoms with Gasteiger partial charge in [0.25, 0.3) is 0 Å². The molecule has 0 aliphatic heterocycles. The van der Waals surface area contributed by atoms with Crippen LogP contribution in [0.15, 0.2) is 18.2 Å². The van der Waals surface area contributed by atoms with Crippen molar-refractivity contribution in [2.45, 2.75) is 19.4 Å². The Kier molecular flexibility index (Phi) is 5.30. The molecule has 1 atom stereocenters. The summed E-state index contributed by atoms with van der Waals surface area (Å²) < 4.78 is 12.7. The molecule has 0 aliphatic carbocycles. The second-order valence-corrected chi connectivity index (χ2v) is 3.09. The van der Waals surface area contributed by atoms with Crippen molar-refractivity contribution in [2.75, 3.05) is 0 Å². The van der Waals surface area contributed by atoms with E-state index in [0.717, 1.165) is 6.42 Å². The minimum Gasteiger partial charge on any atom is -0.324 e. The van der Waals surface area contributed by atoms with Crippen molar-refractivity contribution in [2.24, 2.45) is 5.73 Å². The first-order chi connectivity index (χ1) is 5.65. The van der Waals surface area contributed by atoms with Gasteiger partial charge in [-0.2, -0.15) is 0 Å². The van der Waals surface area contributed by atoms with Crippen LogP contribution in [0.5, 0.6) is 0 Å². The molecule has 13 heavy (non-hydrogen) atoms. The van der Waals surface area contributed by atoms with Crippen molar-refractivity contribution in [1.82, 2.24) is 0 Å². The Balaban J connectivity index is 0.00000144. The lowest BCUT2D eigenvalue weighted by atomic mass is 10.1. The van der Waals surface area contributed by atoms with E-state index in [1.165, 1.54) is 18.2 Å². The van der Waals surface area contributed by atoms with Crippen LogP contribution in [0.2, 0.25) is 5.02 Å². The summed E-state index contributed by atoms with van der Waals surface area (Å²) in [6.45, 7) is 1.94. The summed E-state index contributed by atoms with van der Waals surface area (Å²) in [5.74, 6) is -0.293. The third-order valence-corrected chi connectivity index (χ3v) is 2.14. The zero-order chi connectivity index (χ0) is 9.14. The molecular weight excluding hydrogens is 212 g/mol. The van der Waals surface area contributed by atoms with E-state index in [9.17, 15) is 4.39 Å². The largest absolute Gasteiger partial charge is 0.324 e. The molecule has 4 heteroatoms. The van der Waals surface area contributed by atoms with E-state index in [1.807, 2.05) is 6.92 Å². The predicted octanol–water partition coefficient (Wildman–Crippen LogP) is 3.31. The smallest absolute Gasteiger partial charge is 0.123 e. The fourth-order valence-electron chi connectivity index (χ4n) is 1.02. The van der Waals surface area contributed by atoms with Gasteiger partial charge in [-0.3, -0.25) is 0 Å². The van der Waals surface area contributed by atoms with Crippen molar-refractivity contribution in [3.05, 3.63) is 34.6 Å². The zero-order valence-electron chi connectivity index (χ0n) is 7.26. The summed E-state index contributed by atoms with van der Waals surface area (Å²) in [5.41, 5.74) is 6.39. The molecule has 1 rings (SSSR count). The SMILES string of the molecule is CC[C@H](N)c1cc(F)ccc1Cl.Cl. The highest BCUT2D eigenvalue weighted by Crippen LogP contribution is 2.23. The minimum atomic E-state index is -0.293. The van der Waals surface area contributed by atoms with Crippen LogP contribution in [0.25, 0.3) is 0 Å². The monoisotopic (exact) mass is 223 g/mol. The Morgan fingerprint density at radius 1 is 1.54 bits per heavy atom. The normalized spacial score (nSPS) is 12.0. The molecule has 0 aliphatic rings. The molecule has 1 aromatic rings. The third-order valence-electron chi connectivity index (χ3n) is 1.80. The molecule has 1 aromatic carbocycles. The first-order valence-corrected chi connectivity index (χ1v) is 4.23. The number of hydrogen-bond acceptors (Lipinski definition) is 1. The summed E-state index contributed by atoms with van der Waals surface area (Å²) in [5, 5.41) is 0.533. The highest BCUT2D eigenvalue weighted by atomic mass is 35.5. The number of benzene rings is 1. The van der Waals surface area contributed by atoms with Gasteiger partial charge in [0, 0.05) is 11.1 Å². The lowest BCUT2D eigenvalue weighted by Gasteiger charge is -2.10. The molecule has 0 aromatic heterocycles. The van der Waals surface area contributed by atoms with E-state index in [-0.39, 0.29) is 24.3 Å². The van der Waals surface area contributed by atoms with Crippen LogP contribution < -0.4 is 5.73 Å². The summed E-state index contributed by atoms with van der Waals surface area (Å²) >= 11 is 5.82. The van der Waals surface area contributed by atoms with Gasteiger partial charge < -0.3 is 5.73 Å². The standard InChI is InChI=1S/C9H11ClFN.ClH/c1-2-9(12)7-5-6(11)3-4-8(7)10;/h3-5,9H,2,12H2,1H3;1H/t9-;/m0./s1. The average Bonchev–Trinajstić information content (AvgIpc) is 2.08. The van der Waals surface area contributed by atoms with Gasteiger partial charge in [-0.25, -0.2) is 4.39 Å². The Morgan fingerprint density at radius 3 is 2.69 bits per heavy atom. The van der Waals surface area contributed by atoms with E-state index < -0.39 is 0 Å². The van der Waals surface area contributed by atoms with Gasteiger partial charge >= 0.3 is 0 Å². The van der Waals surface area contributed by atoms with Crippen LogP contribution in [-0.2, 0) is 0 Å². The minimum absolute atomic E-state index is 0. The Morgan fingerprint density at radius 2 is 2.15 bits per heavy atom. The molecule has 0 amide bonds. The first-order valence-electron chi connectivity index (χ1n) is 3.85. The summed E-state index contributed by atoms with van der Waals surface area (Å²) in [4.78, 5) is 0. The molecule has 0 heterocycles. The molecule has 74 valence electrons. The highest BCUT2D eigenvalue weighted by Gasteiger charge is 2.08. The van der Waals surface area contributed by atoms with Gasteiger partial charge in [-0.15, -0.1) is 12.4 Å². The first kappa shape index (κ1) is 12.7. The van der Waals surface area contributed by atoms with Gasteiger partial charge in [-0.05, 0) is 30.2 Å². The van der Waals surface area contributed by atoms with Gasteiger partial charge in [0.2, 0.25) is 0 Å². The van der Waals surface area contributed by atoms with Crippen LogP contribution >= 0.6 is 24.0 Å². The molecule has 0 saturated heterocycles. The quantitative estimate of drug-likeness (QED) is 0.819. The van der Waals surface area contributed by atoms with E-state index in [0.29, 0.717) is 10.6 Å². The number of hydrogen-bond donors (Lipinski definition) is 1. The summed E-state index contributed by atoms with van der Waals surface area (Å²) in [7, 11) is 0.